The lowest BCUT2D eigenvalue weighted by molar-refractivity contribution is -0.116. The maximum Gasteiger partial charge on any atom is 0.338 e. The summed E-state index contributed by atoms with van der Waals surface area (Å²) in [6.45, 7) is 1.79. The second-order valence-electron chi connectivity index (χ2n) is 4.60. The molecule has 0 aliphatic rings. The van der Waals surface area contributed by atoms with Crippen molar-refractivity contribution in [3.8, 4) is 0 Å². The first-order chi connectivity index (χ1) is 10.1. The topological polar surface area (TPSA) is 55.4 Å². The number of esters is 1. The summed E-state index contributed by atoms with van der Waals surface area (Å²) in [6.07, 6.45) is 1.14. The number of methoxy groups -OCH3 is 1. The van der Waals surface area contributed by atoms with Gasteiger partial charge in [-0.2, -0.15) is 0 Å². The predicted octanol–water partition coefficient (Wildman–Crippen LogP) is 3.41. The van der Waals surface area contributed by atoms with Crippen LogP contribution in [0.4, 0.5) is 5.69 Å². The quantitative estimate of drug-likeness (QED) is 0.861. The molecule has 0 aliphatic heterocycles. The molecule has 1 N–H and O–H groups in total. The summed E-state index contributed by atoms with van der Waals surface area (Å²) in [5.41, 5.74) is 1.83. The first-order valence-electron chi connectivity index (χ1n) is 6.62. The van der Waals surface area contributed by atoms with Gasteiger partial charge in [-0.1, -0.05) is 12.1 Å². The maximum absolute atomic E-state index is 12.0. The van der Waals surface area contributed by atoms with Crippen LogP contribution in [0.25, 0.3) is 0 Å². The summed E-state index contributed by atoms with van der Waals surface area (Å²) < 4.78 is 4.72. The fourth-order valence-electron chi connectivity index (χ4n) is 2.01. The number of nitrogens with one attached hydrogen (secondary N) is 1. The van der Waals surface area contributed by atoms with E-state index in [9.17, 15) is 9.59 Å². The summed E-state index contributed by atoms with van der Waals surface area (Å²) in [7, 11) is 1.34. The Balaban J connectivity index is 2.02. The highest BCUT2D eigenvalue weighted by Crippen LogP contribution is 2.20. The summed E-state index contributed by atoms with van der Waals surface area (Å²) in [4.78, 5) is 24.8. The Bertz CT molecular complexity index is 635. The third-order valence-corrected chi connectivity index (χ3v) is 4.13. The van der Waals surface area contributed by atoms with Crippen LogP contribution in [-0.2, 0) is 16.0 Å². The minimum absolute atomic E-state index is 0.0616. The molecule has 0 fully saturated rings. The van der Waals surface area contributed by atoms with Gasteiger partial charge in [0.2, 0.25) is 5.91 Å². The Morgan fingerprint density at radius 3 is 2.71 bits per heavy atom. The van der Waals surface area contributed by atoms with Gasteiger partial charge >= 0.3 is 5.97 Å². The SMILES string of the molecule is COC(=O)c1cccc(NC(=O)CCc2cccs2)c1C. The fourth-order valence-corrected chi connectivity index (χ4v) is 2.72. The van der Waals surface area contributed by atoms with Crippen molar-refractivity contribution in [1.29, 1.82) is 0 Å². The van der Waals surface area contributed by atoms with E-state index in [-0.39, 0.29) is 5.91 Å². The highest BCUT2D eigenvalue weighted by atomic mass is 32.1. The average molecular weight is 303 g/mol. The summed E-state index contributed by atoms with van der Waals surface area (Å²) in [6, 6.07) is 9.18. The van der Waals surface area contributed by atoms with Crippen LogP contribution in [0.1, 0.15) is 27.2 Å². The van der Waals surface area contributed by atoms with Crippen molar-refractivity contribution in [3.05, 3.63) is 51.7 Å². The zero-order chi connectivity index (χ0) is 15.2. The molecule has 5 heteroatoms. The van der Waals surface area contributed by atoms with Gasteiger partial charge in [0.15, 0.2) is 0 Å². The highest BCUT2D eigenvalue weighted by Gasteiger charge is 2.13. The molecule has 0 unspecified atom stereocenters. The molecular weight excluding hydrogens is 286 g/mol. The average Bonchev–Trinajstić information content (AvgIpc) is 3.00. The normalized spacial score (nSPS) is 10.2. The summed E-state index contributed by atoms with van der Waals surface area (Å²) >= 11 is 1.64. The van der Waals surface area contributed by atoms with Crippen molar-refractivity contribution in [3.63, 3.8) is 0 Å². The fraction of sp³-hybridized carbons (Fsp3) is 0.250. The number of hydrogen-bond acceptors (Lipinski definition) is 4. The monoisotopic (exact) mass is 303 g/mol. The van der Waals surface area contributed by atoms with Gasteiger partial charge in [-0.3, -0.25) is 4.79 Å². The van der Waals surface area contributed by atoms with Crippen molar-refractivity contribution in [1.82, 2.24) is 0 Å². The van der Waals surface area contributed by atoms with Gasteiger partial charge in [0.05, 0.1) is 12.7 Å². The molecule has 1 aromatic heterocycles. The van der Waals surface area contributed by atoms with Crippen molar-refractivity contribution >= 4 is 28.9 Å². The summed E-state index contributed by atoms with van der Waals surface area (Å²) in [5.74, 6) is -0.462. The molecule has 0 saturated heterocycles. The molecule has 110 valence electrons. The van der Waals surface area contributed by atoms with Crippen LogP contribution in [-0.4, -0.2) is 19.0 Å². The number of thiophene rings is 1. The van der Waals surface area contributed by atoms with Crippen molar-refractivity contribution in [2.24, 2.45) is 0 Å². The zero-order valence-corrected chi connectivity index (χ0v) is 12.8. The molecule has 1 aromatic carbocycles. The Hall–Kier alpha value is -2.14. The zero-order valence-electron chi connectivity index (χ0n) is 12.0. The number of carbonyl (C=O) groups excluding carboxylic acids is 2. The Kier molecular flexibility index (Phi) is 5.11. The van der Waals surface area contributed by atoms with E-state index in [2.05, 4.69) is 5.32 Å². The predicted molar refractivity (Wildman–Crippen MR) is 83.8 cm³/mol. The van der Waals surface area contributed by atoms with E-state index >= 15 is 0 Å². The molecule has 2 rings (SSSR count). The van der Waals surface area contributed by atoms with Crippen LogP contribution in [0.2, 0.25) is 0 Å². The highest BCUT2D eigenvalue weighted by molar-refractivity contribution is 7.09. The van der Waals surface area contributed by atoms with Crippen LogP contribution < -0.4 is 5.32 Å². The van der Waals surface area contributed by atoms with Crippen LogP contribution in [0.15, 0.2) is 35.7 Å². The molecule has 0 saturated carbocycles. The minimum atomic E-state index is -0.401. The van der Waals surface area contributed by atoms with Crippen LogP contribution in [0.3, 0.4) is 0 Å². The third-order valence-electron chi connectivity index (χ3n) is 3.19. The Labute approximate surface area is 127 Å². The molecule has 0 aliphatic carbocycles. The van der Waals surface area contributed by atoms with Gasteiger partial charge in [-0.25, -0.2) is 4.79 Å². The Morgan fingerprint density at radius 2 is 2.05 bits per heavy atom. The second-order valence-corrected chi connectivity index (χ2v) is 5.63. The van der Waals surface area contributed by atoms with E-state index < -0.39 is 5.97 Å². The number of anilines is 1. The molecular formula is C16H17NO3S. The number of rotatable bonds is 5. The van der Waals surface area contributed by atoms with E-state index in [1.807, 2.05) is 17.5 Å². The van der Waals surface area contributed by atoms with Crippen LogP contribution in [0, 0.1) is 6.92 Å². The molecule has 0 radical (unpaired) electrons. The molecule has 2 aromatic rings. The summed E-state index contributed by atoms with van der Waals surface area (Å²) in [5, 5.41) is 4.85. The smallest absolute Gasteiger partial charge is 0.338 e. The van der Waals surface area contributed by atoms with Crippen molar-refractivity contribution < 1.29 is 14.3 Å². The molecule has 1 amide bonds. The van der Waals surface area contributed by atoms with E-state index in [1.54, 1.807) is 36.5 Å². The van der Waals surface area contributed by atoms with Gasteiger partial charge in [-0.05, 0) is 42.5 Å². The van der Waals surface area contributed by atoms with Gasteiger partial charge in [0.25, 0.3) is 0 Å². The lowest BCUT2D eigenvalue weighted by Crippen LogP contribution is -2.14. The number of hydrogen-bond donors (Lipinski definition) is 1. The van der Waals surface area contributed by atoms with Crippen molar-refractivity contribution in [2.45, 2.75) is 19.8 Å². The number of amides is 1. The molecule has 21 heavy (non-hydrogen) atoms. The van der Waals surface area contributed by atoms with E-state index in [0.717, 1.165) is 6.42 Å². The van der Waals surface area contributed by atoms with E-state index in [4.69, 9.17) is 4.74 Å². The standard InChI is InChI=1S/C16H17NO3S/c1-11-13(16(19)20-2)6-3-7-14(11)17-15(18)9-8-12-5-4-10-21-12/h3-7,10H,8-9H2,1-2H3,(H,17,18). The Morgan fingerprint density at radius 1 is 1.24 bits per heavy atom. The van der Waals surface area contributed by atoms with E-state index in [1.165, 1.54) is 12.0 Å². The lowest BCUT2D eigenvalue weighted by Gasteiger charge is -2.11. The number of benzene rings is 1. The first kappa shape index (κ1) is 15.3. The molecule has 0 spiro atoms. The van der Waals surface area contributed by atoms with Gasteiger partial charge in [0, 0.05) is 17.0 Å². The minimum Gasteiger partial charge on any atom is -0.465 e. The van der Waals surface area contributed by atoms with Crippen molar-refractivity contribution in [2.75, 3.05) is 12.4 Å². The molecule has 4 nitrogen and oxygen atoms in total. The second kappa shape index (κ2) is 7.04. The molecule has 1 heterocycles. The third kappa shape index (κ3) is 3.92. The molecule has 0 atom stereocenters. The van der Waals surface area contributed by atoms with Crippen LogP contribution in [0.5, 0.6) is 0 Å². The maximum atomic E-state index is 12.0. The first-order valence-corrected chi connectivity index (χ1v) is 7.50. The van der Waals surface area contributed by atoms with Gasteiger partial charge in [-0.15, -0.1) is 11.3 Å². The number of aryl methyl sites for hydroxylation is 1. The van der Waals surface area contributed by atoms with E-state index in [0.29, 0.717) is 23.2 Å². The van der Waals surface area contributed by atoms with Gasteiger partial charge in [0.1, 0.15) is 0 Å². The number of carbonyl (C=O) groups is 2. The van der Waals surface area contributed by atoms with Crippen LogP contribution >= 0.6 is 11.3 Å². The van der Waals surface area contributed by atoms with Gasteiger partial charge < -0.3 is 10.1 Å². The lowest BCUT2D eigenvalue weighted by atomic mass is 10.1. The number of ether oxygens (including phenoxy) is 1. The molecule has 0 bridgehead atoms. The largest absolute Gasteiger partial charge is 0.465 e.